The third kappa shape index (κ3) is 3.47. The van der Waals surface area contributed by atoms with Crippen LogP contribution in [0.3, 0.4) is 0 Å². The average molecular weight is 427 g/mol. The van der Waals surface area contributed by atoms with Gasteiger partial charge in [-0.3, -0.25) is 0 Å². The van der Waals surface area contributed by atoms with Crippen LogP contribution < -0.4 is 24.0 Å². The van der Waals surface area contributed by atoms with Crippen LogP contribution in [0.2, 0.25) is 0 Å². The van der Waals surface area contributed by atoms with E-state index in [1.54, 1.807) is 14.2 Å². The number of rotatable bonds is 4. The summed E-state index contributed by atoms with van der Waals surface area (Å²) in [6.45, 7) is 13.9. The summed E-state index contributed by atoms with van der Waals surface area (Å²) in [5.41, 5.74) is 6.23. The normalized spacial score (nSPS) is 19.8. The Hall–Kier alpha value is -2.60. The number of fused-ring (bicyclic) bond motifs is 1. The molecule has 0 aliphatic carbocycles. The number of anilines is 2. The van der Waals surface area contributed by atoms with Crippen molar-refractivity contribution in [2.24, 2.45) is 0 Å². The topological polar surface area (TPSA) is 54.4 Å². The van der Waals surface area contributed by atoms with Crippen molar-refractivity contribution in [3.63, 3.8) is 0 Å². The average Bonchev–Trinajstić information content (AvgIpc) is 3.01. The summed E-state index contributed by atoms with van der Waals surface area (Å²) in [5.74, 6) is 2.36. The third-order valence-corrected chi connectivity index (χ3v) is 6.89. The van der Waals surface area contributed by atoms with Gasteiger partial charge in [0.25, 0.3) is 0 Å². The predicted octanol–water partition coefficient (Wildman–Crippen LogP) is 4.16. The van der Waals surface area contributed by atoms with E-state index in [1.807, 2.05) is 26.0 Å². The van der Waals surface area contributed by atoms with Crippen molar-refractivity contribution in [3.05, 3.63) is 40.5 Å². The largest absolute Gasteiger partial charge is 0.493 e. The highest BCUT2D eigenvalue weighted by Gasteiger charge is 2.43. The molecule has 1 unspecified atom stereocenters. The monoisotopic (exact) mass is 426 g/mol. The zero-order chi connectivity index (χ0) is 22.5. The van der Waals surface area contributed by atoms with Gasteiger partial charge in [-0.25, -0.2) is 0 Å². The predicted molar refractivity (Wildman–Crippen MR) is 124 cm³/mol. The smallest absolute Gasteiger partial charge is 0.162 e. The van der Waals surface area contributed by atoms with E-state index in [4.69, 9.17) is 14.2 Å². The lowest BCUT2D eigenvalue weighted by Gasteiger charge is -2.39. The van der Waals surface area contributed by atoms with Crippen molar-refractivity contribution in [3.8, 4) is 17.2 Å². The first-order valence-corrected chi connectivity index (χ1v) is 10.9. The number of aliphatic hydroxyl groups excluding tert-OH is 1. The highest BCUT2D eigenvalue weighted by molar-refractivity contribution is 5.71. The summed E-state index contributed by atoms with van der Waals surface area (Å²) >= 11 is 0. The van der Waals surface area contributed by atoms with Crippen LogP contribution in [-0.2, 0) is 0 Å². The van der Waals surface area contributed by atoms with Crippen LogP contribution in [0.1, 0.15) is 42.2 Å². The molecular formula is C25H34N2O4. The van der Waals surface area contributed by atoms with Crippen molar-refractivity contribution in [1.82, 2.24) is 0 Å². The molecule has 1 atom stereocenters. The fourth-order valence-electron chi connectivity index (χ4n) is 4.94. The first-order valence-electron chi connectivity index (χ1n) is 10.9. The number of benzene rings is 2. The van der Waals surface area contributed by atoms with Crippen molar-refractivity contribution in [2.75, 3.05) is 50.2 Å². The molecule has 0 bridgehead atoms. The van der Waals surface area contributed by atoms with Crippen molar-refractivity contribution < 1.29 is 19.3 Å². The number of piperazine rings is 1. The Morgan fingerprint density at radius 3 is 2.13 bits per heavy atom. The Labute approximate surface area is 185 Å². The molecule has 0 saturated carbocycles. The maximum atomic E-state index is 10.9. The molecule has 6 nitrogen and oxygen atoms in total. The Morgan fingerprint density at radius 2 is 1.52 bits per heavy atom. The van der Waals surface area contributed by atoms with Gasteiger partial charge < -0.3 is 29.1 Å². The van der Waals surface area contributed by atoms with Gasteiger partial charge in [0, 0.05) is 49.2 Å². The zero-order valence-electron chi connectivity index (χ0n) is 19.7. The Balaban J connectivity index is 1.59. The van der Waals surface area contributed by atoms with Gasteiger partial charge in [0.2, 0.25) is 0 Å². The molecule has 0 amide bonds. The number of hydrogen-bond donors (Lipinski definition) is 1. The van der Waals surface area contributed by atoms with E-state index in [-0.39, 0.29) is 0 Å². The lowest BCUT2D eigenvalue weighted by molar-refractivity contribution is 0.000145. The Kier molecular flexibility index (Phi) is 5.46. The second-order valence-electron chi connectivity index (χ2n) is 9.09. The second-order valence-corrected chi connectivity index (χ2v) is 9.09. The maximum Gasteiger partial charge on any atom is 0.162 e. The summed E-state index contributed by atoms with van der Waals surface area (Å²) in [5, 5.41) is 10.9. The molecule has 1 fully saturated rings. The van der Waals surface area contributed by atoms with Crippen LogP contribution in [0, 0.1) is 20.8 Å². The fraction of sp³-hybridized carbons (Fsp3) is 0.520. The summed E-state index contributed by atoms with van der Waals surface area (Å²) < 4.78 is 17.0. The molecule has 31 heavy (non-hydrogen) atoms. The third-order valence-electron chi connectivity index (χ3n) is 6.89. The van der Waals surface area contributed by atoms with E-state index in [2.05, 4.69) is 36.6 Å². The van der Waals surface area contributed by atoms with E-state index in [9.17, 15) is 5.11 Å². The molecule has 2 aromatic carbocycles. The van der Waals surface area contributed by atoms with Gasteiger partial charge in [0.15, 0.2) is 11.5 Å². The van der Waals surface area contributed by atoms with Crippen LogP contribution in [0.5, 0.6) is 17.2 Å². The minimum absolute atomic E-state index is 0.602. The van der Waals surface area contributed by atoms with Crippen molar-refractivity contribution in [1.29, 1.82) is 0 Å². The number of ether oxygens (including phenoxy) is 3. The fourth-order valence-corrected chi connectivity index (χ4v) is 4.94. The van der Waals surface area contributed by atoms with E-state index in [0.29, 0.717) is 0 Å². The summed E-state index contributed by atoms with van der Waals surface area (Å²) in [7, 11) is 3.32. The maximum absolute atomic E-state index is 10.9. The lowest BCUT2D eigenvalue weighted by Crippen LogP contribution is -2.47. The van der Waals surface area contributed by atoms with Crippen LogP contribution >= 0.6 is 0 Å². The molecule has 2 heterocycles. The van der Waals surface area contributed by atoms with E-state index in [0.717, 1.165) is 65.8 Å². The van der Waals surface area contributed by atoms with Crippen LogP contribution in [0.15, 0.2) is 18.2 Å². The van der Waals surface area contributed by atoms with Gasteiger partial charge >= 0.3 is 0 Å². The molecule has 2 aliphatic heterocycles. The van der Waals surface area contributed by atoms with Gasteiger partial charge in [-0.1, -0.05) is 0 Å². The van der Waals surface area contributed by atoms with Gasteiger partial charge in [-0.15, -0.1) is 0 Å². The molecule has 2 aromatic rings. The lowest BCUT2D eigenvalue weighted by atomic mass is 9.89. The minimum Gasteiger partial charge on any atom is -0.493 e. The SMILES string of the molecule is COc1ccc(N2CCN(c3c(C)c(C)c4c(c3C)C(O)C(C)(C)O4)CC2)cc1OC. The van der Waals surface area contributed by atoms with E-state index < -0.39 is 11.7 Å². The standard InChI is InChI=1S/C25H34N2O4/c1-15-16(2)23-21(24(28)25(4,5)31-23)17(3)22(15)27-12-10-26(11-13-27)18-8-9-19(29-6)20(14-18)30-7/h8-9,14,24,28H,10-13H2,1-7H3. The summed E-state index contributed by atoms with van der Waals surface area (Å²) in [6.07, 6.45) is -0.617. The van der Waals surface area contributed by atoms with Crippen LogP contribution in [-0.4, -0.2) is 51.1 Å². The molecule has 168 valence electrons. The zero-order valence-corrected chi connectivity index (χ0v) is 19.7. The molecule has 2 aliphatic rings. The number of methoxy groups -OCH3 is 2. The highest BCUT2D eigenvalue weighted by Crippen LogP contribution is 2.50. The Morgan fingerprint density at radius 1 is 0.903 bits per heavy atom. The molecule has 0 spiro atoms. The van der Waals surface area contributed by atoms with Gasteiger partial charge in [-0.05, 0) is 63.4 Å². The molecule has 4 rings (SSSR count). The van der Waals surface area contributed by atoms with Gasteiger partial charge in [-0.2, -0.15) is 0 Å². The summed E-state index contributed by atoms with van der Waals surface area (Å²) in [4.78, 5) is 4.83. The van der Waals surface area contributed by atoms with Gasteiger partial charge in [0.05, 0.1) is 14.2 Å². The van der Waals surface area contributed by atoms with Crippen molar-refractivity contribution >= 4 is 11.4 Å². The van der Waals surface area contributed by atoms with E-state index >= 15 is 0 Å². The quantitative estimate of drug-likeness (QED) is 0.792. The molecule has 1 N–H and O–H groups in total. The van der Waals surface area contributed by atoms with Crippen molar-refractivity contribution in [2.45, 2.75) is 46.3 Å². The first kappa shape index (κ1) is 21.6. The molecule has 0 radical (unpaired) electrons. The number of nitrogens with zero attached hydrogens (tertiary/aromatic N) is 2. The second kappa shape index (κ2) is 7.83. The number of hydrogen-bond acceptors (Lipinski definition) is 6. The van der Waals surface area contributed by atoms with Crippen LogP contribution in [0.25, 0.3) is 0 Å². The minimum atomic E-state index is -0.617. The number of aliphatic hydroxyl groups is 1. The molecule has 1 saturated heterocycles. The van der Waals surface area contributed by atoms with Gasteiger partial charge in [0.1, 0.15) is 17.5 Å². The Bertz CT molecular complexity index is 994. The first-order chi connectivity index (χ1) is 14.7. The van der Waals surface area contributed by atoms with E-state index in [1.165, 1.54) is 11.3 Å². The molecule has 6 heteroatoms. The molecular weight excluding hydrogens is 392 g/mol. The highest BCUT2D eigenvalue weighted by atomic mass is 16.5. The van der Waals surface area contributed by atoms with Crippen LogP contribution in [0.4, 0.5) is 11.4 Å². The molecule has 0 aromatic heterocycles. The summed E-state index contributed by atoms with van der Waals surface area (Å²) in [6, 6.07) is 6.09.